The maximum absolute atomic E-state index is 12.0. The first kappa shape index (κ1) is 18.4. The van der Waals surface area contributed by atoms with Crippen molar-refractivity contribution < 1.29 is 19.1 Å². The predicted molar refractivity (Wildman–Crippen MR) is 91.6 cm³/mol. The number of piperidine rings is 1. The summed E-state index contributed by atoms with van der Waals surface area (Å²) in [4.78, 5) is 25.3. The van der Waals surface area contributed by atoms with E-state index < -0.39 is 0 Å². The summed E-state index contributed by atoms with van der Waals surface area (Å²) in [6.45, 7) is 3.59. The van der Waals surface area contributed by atoms with Gasteiger partial charge in [0.2, 0.25) is 5.91 Å². The molecule has 0 aliphatic carbocycles. The average Bonchev–Trinajstić information content (AvgIpc) is 2.61. The van der Waals surface area contributed by atoms with E-state index in [4.69, 9.17) is 21.1 Å². The third kappa shape index (κ3) is 5.30. The van der Waals surface area contributed by atoms with Crippen molar-refractivity contribution in [2.75, 3.05) is 32.2 Å². The highest BCUT2D eigenvalue weighted by Gasteiger charge is 2.23. The van der Waals surface area contributed by atoms with Crippen LogP contribution in [0.1, 0.15) is 19.8 Å². The second-order valence-electron chi connectivity index (χ2n) is 5.52. The predicted octanol–water partition coefficient (Wildman–Crippen LogP) is 1.81. The Hall–Kier alpha value is -1.95. The van der Waals surface area contributed by atoms with Gasteiger partial charge in [-0.25, -0.2) is 0 Å². The molecule has 2 rings (SSSR count). The minimum Gasteiger partial charge on any atom is -0.490 e. The van der Waals surface area contributed by atoms with Gasteiger partial charge in [-0.1, -0.05) is 12.1 Å². The summed E-state index contributed by atoms with van der Waals surface area (Å²) in [5.74, 6) is 0.947. The quantitative estimate of drug-likeness (QED) is 0.758. The van der Waals surface area contributed by atoms with Crippen LogP contribution in [0.3, 0.4) is 0 Å². The first-order valence-electron chi connectivity index (χ1n) is 8.11. The van der Waals surface area contributed by atoms with Gasteiger partial charge in [0.25, 0.3) is 5.91 Å². The number of hydrogen-bond donors (Lipinski definition) is 1. The molecule has 132 valence electrons. The number of para-hydroxylation sites is 2. The number of rotatable bonds is 7. The number of nitrogens with zero attached hydrogens (tertiary/aromatic N) is 1. The van der Waals surface area contributed by atoms with Crippen molar-refractivity contribution >= 4 is 23.4 Å². The van der Waals surface area contributed by atoms with Gasteiger partial charge in [-0.15, -0.1) is 11.6 Å². The molecule has 1 aromatic carbocycles. The molecule has 0 atom stereocenters. The van der Waals surface area contributed by atoms with Crippen molar-refractivity contribution in [2.24, 2.45) is 0 Å². The lowest BCUT2D eigenvalue weighted by Gasteiger charge is -2.32. The largest absolute Gasteiger partial charge is 0.490 e. The maximum atomic E-state index is 12.0. The van der Waals surface area contributed by atoms with Gasteiger partial charge in [0.15, 0.2) is 18.1 Å². The van der Waals surface area contributed by atoms with E-state index in [1.807, 2.05) is 19.1 Å². The molecule has 1 saturated heterocycles. The molecule has 1 heterocycles. The lowest BCUT2D eigenvalue weighted by atomic mass is 10.1. The Bertz CT molecular complexity index is 559. The zero-order valence-electron chi connectivity index (χ0n) is 13.8. The van der Waals surface area contributed by atoms with Crippen molar-refractivity contribution in [2.45, 2.75) is 25.8 Å². The Balaban J connectivity index is 1.75. The van der Waals surface area contributed by atoms with E-state index in [9.17, 15) is 9.59 Å². The van der Waals surface area contributed by atoms with E-state index in [1.54, 1.807) is 17.0 Å². The molecule has 0 aromatic heterocycles. The molecule has 0 saturated carbocycles. The number of hydrogen-bond acceptors (Lipinski definition) is 4. The van der Waals surface area contributed by atoms with Crippen molar-refractivity contribution in [1.82, 2.24) is 10.2 Å². The summed E-state index contributed by atoms with van der Waals surface area (Å²) in [6, 6.07) is 7.32. The zero-order chi connectivity index (χ0) is 17.4. The van der Waals surface area contributed by atoms with Crippen LogP contribution in [-0.2, 0) is 9.59 Å². The number of alkyl halides is 1. The SMILES string of the molecule is CCOc1ccccc1OCC(=O)NC1CCN(C(=O)CCl)CC1. The molecule has 1 aliphatic heterocycles. The smallest absolute Gasteiger partial charge is 0.258 e. The first-order chi connectivity index (χ1) is 11.6. The van der Waals surface area contributed by atoms with Crippen LogP contribution in [0.4, 0.5) is 0 Å². The number of halogens is 1. The summed E-state index contributed by atoms with van der Waals surface area (Å²) in [5, 5.41) is 2.94. The summed E-state index contributed by atoms with van der Waals surface area (Å²) in [7, 11) is 0. The van der Waals surface area contributed by atoms with E-state index in [0.29, 0.717) is 31.2 Å². The molecule has 1 aromatic rings. The van der Waals surface area contributed by atoms with E-state index in [0.717, 1.165) is 12.8 Å². The van der Waals surface area contributed by atoms with Crippen molar-refractivity contribution in [3.8, 4) is 11.5 Å². The summed E-state index contributed by atoms with van der Waals surface area (Å²) in [5.41, 5.74) is 0. The third-order valence-electron chi connectivity index (χ3n) is 3.83. The third-order valence-corrected chi connectivity index (χ3v) is 4.06. The monoisotopic (exact) mass is 354 g/mol. The molecule has 1 N–H and O–H groups in total. The van der Waals surface area contributed by atoms with Gasteiger partial charge < -0.3 is 19.7 Å². The summed E-state index contributed by atoms with van der Waals surface area (Å²) >= 11 is 5.55. The lowest BCUT2D eigenvalue weighted by molar-refractivity contribution is -0.129. The number of carbonyl (C=O) groups is 2. The molecule has 0 radical (unpaired) electrons. The Morgan fingerprint density at radius 3 is 2.42 bits per heavy atom. The summed E-state index contributed by atoms with van der Waals surface area (Å²) < 4.78 is 11.0. The standard InChI is InChI=1S/C17H23ClN2O4/c1-2-23-14-5-3-4-6-15(14)24-12-16(21)19-13-7-9-20(10-8-13)17(22)11-18/h3-6,13H,2,7-12H2,1H3,(H,19,21). The van der Waals surface area contributed by atoms with E-state index >= 15 is 0 Å². The number of ether oxygens (including phenoxy) is 2. The molecule has 2 amide bonds. The molecule has 0 unspecified atom stereocenters. The number of likely N-dealkylation sites (tertiary alicyclic amines) is 1. The molecule has 1 fully saturated rings. The second kappa shape index (κ2) is 9.37. The van der Waals surface area contributed by atoms with E-state index in [1.165, 1.54) is 0 Å². The fraction of sp³-hybridized carbons (Fsp3) is 0.529. The van der Waals surface area contributed by atoms with Crippen LogP contribution in [0.15, 0.2) is 24.3 Å². The van der Waals surface area contributed by atoms with Crippen LogP contribution >= 0.6 is 11.6 Å². The van der Waals surface area contributed by atoms with Gasteiger partial charge in [0.05, 0.1) is 6.61 Å². The normalized spacial score (nSPS) is 15.0. The fourth-order valence-corrected chi connectivity index (χ4v) is 2.78. The van der Waals surface area contributed by atoms with Crippen LogP contribution in [0, 0.1) is 0 Å². The van der Waals surface area contributed by atoms with Gasteiger partial charge in [0.1, 0.15) is 5.88 Å². The minimum atomic E-state index is -0.177. The van der Waals surface area contributed by atoms with Crippen LogP contribution in [0.25, 0.3) is 0 Å². The number of carbonyl (C=O) groups excluding carboxylic acids is 2. The molecule has 24 heavy (non-hydrogen) atoms. The molecular weight excluding hydrogens is 332 g/mol. The zero-order valence-corrected chi connectivity index (χ0v) is 14.6. The number of amides is 2. The molecule has 7 heteroatoms. The molecule has 0 spiro atoms. The van der Waals surface area contributed by atoms with Gasteiger partial charge in [-0.05, 0) is 31.9 Å². The summed E-state index contributed by atoms with van der Waals surface area (Å²) in [6.07, 6.45) is 1.45. The number of benzene rings is 1. The lowest BCUT2D eigenvalue weighted by Crippen LogP contribution is -2.47. The van der Waals surface area contributed by atoms with E-state index in [-0.39, 0.29) is 30.3 Å². The average molecular weight is 355 g/mol. The highest BCUT2D eigenvalue weighted by molar-refractivity contribution is 6.27. The van der Waals surface area contributed by atoms with Gasteiger partial charge in [0, 0.05) is 19.1 Å². The maximum Gasteiger partial charge on any atom is 0.258 e. The van der Waals surface area contributed by atoms with Crippen LogP contribution in [0.2, 0.25) is 0 Å². The first-order valence-corrected chi connectivity index (χ1v) is 8.65. The van der Waals surface area contributed by atoms with E-state index in [2.05, 4.69) is 5.32 Å². The topological polar surface area (TPSA) is 67.9 Å². The molecule has 6 nitrogen and oxygen atoms in total. The highest BCUT2D eigenvalue weighted by Crippen LogP contribution is 2.26. The second-order valence-corrected chi connectivity index (χ2v) is 5.79. The Morgan fingerprint density at radius 1 is 1.21 bits per heavy atom. The number of nitrogens with one attached hydrogen (secondary N) is 1. The highest BCUT2D eigenvalue weighted by atomic mass is 35.5. The Kier molecular flexibility index (Phi) is 7.18. The van der Waals surface area contributed by atoms with Crippen LogP contribution < -0.4 is 14.8 Å². The minimum absolute atomic E-state index is 0.00407. The van der Waals surface area contributed by atoms with Gasteiger partial charge in [-0.2, -0.15) is 0 Å². The van der Waals surface area contributed by atoms with Gasteiger partial charge in [-0.3, -0.25) is 9.59 Å². The van der Waals surface area contributed by atoms with Gasteiger partial charge >= 0.3 is 0 Å². The van der Waals surface area contributed by atoms with Crippen LogP contribution in [0.5, 0.6) is 11.5 Å². The van der Waals surface area contributed by atoms with Crippen LogP contribution in [-0.4, -0.2) is 54.9 Å². The molecular formula is C17H23ClN2O4. The Labute approximate surface area is 147 Å². The molecule has 1 aliphatic rings. The van der Waals surface area contributed by atoms with Crippen molar-refractivity contribution in [1.29, 1.82) is 0 Å². The Morgan fingerprint density at radius 2 is 1.83 bits per heavy atom. The van der Waals surface area contributed by atoms with Crippen molar-refractivity contribution in [3.05, 3.63) is 24.3 Å². The fourth-order valence-electron chi connectivity index (χ4n) is 2.61. The van der Waals surface area contributed by atoms with Crippen molar-refractivity contribution in [3.63, 3.8) is 0 Å². The molecule has 0 bridgehead atoms.